The molecule has 0 saturated carbocycles. The molecule has 3 rings (SSSR count). The van der Waals surface area contributed by atoms with E-state index in [2.05, 4.69) is 11.9 Å². The van der Waals surface area contributed by atoms with Gasteiger partial charge in [0.2, 0.25) is 0 Å². The fourth-order valence-electron chi connectivity index (χ4n) is 3.16. The Morgan fingerprint density at radius 3 is 2.50 bits per heavy atom. The zero-order chi connectivity index (χ0) is 18.4. The molecule has 0 bridgehead atoms. The van der Waals surface area contributed by atoms with Crippen molar-refractivity contribution in [3.05, 3.63) is 60.8 Å². The van der Waals surface area contributed by atoms with E-state index in [9.17, 15) is 4.79 Å². The molecule has 2 aromatic carbocycles. The molecular weight excluding hydrogens is 322 g/mol. The Morgan fingerprint density at radius 2 is 1.77 bits per heavy atom. The van der Waals surface area contributed by atoms with Crippen LogP contribution in [0.15, 0.2) is 60.8 Å². The molecule has 0 N–H and O–H groups in total. The first-order valence-corrected chi connectivity index (χ1v) is 9.39. The molecule has 1 atom stereocenters. The van der Waals surface area contributed by atoms with Crippen molar-refractivity contribution in [3.63, 3.8) is 0 Å². The molecule has 26 heavy (non-hydrogen) atoms. The Bertz CT molecular complexity index is 874. The third-order valence-electron chi connectivity index (χ3n) is 4.74. The van der Waals surface area contributed by atoms with Gasteiger partial charge in [-0.25, -0.2) is 0 Å². The fourth-order valence-corrected chi connectivity index (χ4v) is 3.16. The highest BCUT2D eigenvalue weighted by Crippen LogP contribution is 2.35. The Morgan fingerprint density at radius 1 is 1.04 bits per heavy atom. The van der Waals surface area contributed by atoms with Crippen LogP contribution in [0.4, 0.5) is 0 Å². The summed E-state index contributed by atoms with van der Waals surface area (Å²) in [6.07, 6.45) is 5.60. The van der Waals surface area contributed by atoms with Gasteiger partial charge in [0.25, 0.3) is 0 Å². The summed E-state index contributed by atoms with van der Waals surface area (Å²) in [6, 6.07) is 17.8. The van der Waals surface area contributed by atoms with Crippen LogP contribution in [0.25, 0.3) is 22.0 Å². The lowest BCUT2D eigenvalue weighted by Gasteiger charge is -2.17. The van der Waals surface area contributed by atoms with Gasteiger partial charge in [-0.05, 0) is 12.8 Å². The van der Waals surface area contributed by atoms with Crippen molar-refractivity contribution in [2.24, 2.45) is 5.92 Å². The second kappa shape index (κ2) is 8.61. The first-order chi connectivity index (χ1) is 12.7. The van der Waals surface area contributed by atoms with Crippen LogP contribution >= 0.6 is 0 Å². The molecule has 0 saturated heterocycles. The number of unbranched alkanes of at least 4 members (excludes halogenated alkanes) is 1. The minimum Gasteiger partial charge on any atom is -0.423 e. The largest absolute Gasteiger partial charge is 0.423 e. The minimum atomic E-state index is -0.156. The SMILES string of the molecule is CCCCC(CC)C(=O)Oc1c(-c2ccccc2)ncc2ccccc12. The molecule has 3 heteroatoms. The third-order valence-corrected chi connectivity index (χ3v) is 4.74. The van der Waals surface area contributed by atoms with Crippen LogP contribution in [0.2, 0.25) is 0 Å². The molecule has 3 aromatic rings. The number of esters is 1. The van der Waals surface area contributed by atoms with Crippen molar-refractivity contribution in [2.75, 3.05) is 0 Å². The zero-order valence-corrected chi connectivity index (χ0v) is 15.4. The lowest BCUT2D eigenvalue weighted by Crippen LogP contribution is -2.20. The first kappa shape index (κ1) is 18.1. The summed E-state index contributed by atoms with van der Waals surface area (Å²) in [6.45, 7) is 4.18. The van der Waals surface area contributed by atoms with Crippen LogP contribution < -0.4 is 4.74 Å². The van der Waals surface area contributed by atoms with Crippen LogP contribution in [0.3, 0.4) is 0 Å². The molecule has 0 aliphatic heterocycles. The highest BCUT2D eigenvalue weighted by Gasteiger charge is 2.22. The summed E-state index contributed by atoms with van der Waals surface area (Å²) in [5.41, 5.74) is 1.66. The van der Waals surface area contributed by atoms with E-state index >= 15 is 0 Å². The van der Waals surface area contributed by atoms with Crippen molar-refractivity contribution >= 4 is 16.7 Å². The van der Waals surface area contributed by atoms with E-state index in [0.29, 0.717) is 11.4 Å². The Kier molecular flexibility index (Phi) is 6.00. The van der Waals surface area contributed by atoms with Gasteiger partial charge in [-0.15, -0.1) is 0 Å². The predicted molar refractivity (Wildman–Crippen MR) is 106 cm³/mol. The van der Waals surface area contributed by atoms with Crippen molar-refractivity contribution in [1.82, 2.24) is 4.98 Å². The molecule has 1 unspecified atom stereocenters. The van der Waals surface area contributed by atoms with E-state index in [0.717, 1.165) is 42.0 Å². The fraction of sp³-hybridized carbons (Fsp3) is 0.304. The quantitative estimate of drug-likeness (QED) is 0.490. The van der Waals surface area contributed by atoms with Crippen LogP contribution in [-0.2, 0) is 4.79 Å². The van der Waals surface area contributed by atoms with E-state index < -0.39 is 0 Å². The number of hydrogen-bond donors (Lipinski definition) is 0. The average molecular weight is 347 g/mol. The molecule has 0 aliphatic carbocycles. The third kappa shape index (κ3) is 3.93. The van der Waals surface area contributed by atoms with Gasteiger partial charge >= 0.3 is 5.97 Å². The number of carbonyl (C=O) groups excluding carboxylic acids is 1. The Hall–Kier alpha value is -2.68. The van der Waals surface area contributed by atoms with Crippen LogP contribution in [0.5, 0.6) is 5.75 Å². The second-order valence-electron chi connectivity index (χ2n) is 6.56. The smallest absolute Gasteiger partial charge is 0.314 e. The summed E-state index contributed by atoms with van der Waals surface area (Å²) in [5.74, 6) is 0.336. The maximum atomic E-state index is 12.8. The maximum Gasteiger partial charge on any atom is 0.314 e. The first-order valence-electron chi connectivity index (χ1n) is 9.39. The summed E-state index contributed by atoms with van der Waals surface area (Å²) in [7, 11) is 0. The van der Waals surface area contributed by atoms with Gasteiger partial charge in [-0.3, -0.25) is 9.78 Å². The molecule has 0 spiro atoms. The molecule has 1 heterocycles. The number of ether oxygens (including phenoxy) is 1. The van der Waals surface area contributed by atoms with Crippen molar-refractivity contribution in [3.8, 4) is 17.0 Å². The highest BCUT2D eigenvalue weighted by atomic mass is 16.5. The predicted octanol–water partition coefficient (Wildman–Crippen LogP) is 6.02. The normalized spacial score (nSPS) is 12.1. The molecule has 0 amide bonds. The summed E-state index contributed by atoms with van der Waals surface area (Å²) < 4.78 is 5.96. The molecule has 1 aromatic heterocycles. The number of nitrogens with zero attached hydrogens (tertiary/aromatic N) is 1. The lowest BCUT2D eigenvalue weighted by molar-refractivity contribution is -0.139. The lowest BCUT2D eigenvalue weighted by atomic mass is 9.99. The van der Waals surface area contributed by atoms with Gasteiger partial charge in [0, 0.05) is 22.5 Å². The van der Waals surface area contributed by atoms with Crippen LogP contribution in [0.1, 0.15) is 39.5 Å². The van der Waals surface area contributed by atoms with Gasteiger partial charge in [0.1, 0.15) is 5.69 Å². The second-order valence-corrected chi connectivity index (χ2v) is 6.56. The van der Waals surface area contributed by atoms with E-state index in [1.54, 1.807) is 0 Å². The number of pyridine rings is 1. The van der Waals surface area contributed by atoms with E-state index in [-0.39, 0.29) is 11.9 Å². The number of aromatic nitrogens is 1. The van der Waals surface area contributed by atoms with Gasteiger partial charge in [-0.1, -0.05) is 81.3 Å². The van der Waals surface area contributed by atoms with Gasteiger partial charge in [-0.2, -0.15) is 0 Å². The molecule has 0 fully saturated rings. The van der Waals surface area contributed by atoms with E-state index in [4.69, 9.17) is 4.74 Å². The van der Waals surface area contributed by atoms with E-state index in [1.165, 1.54) is 0 Å². The standard InChI is InChI=1S/C23H25NO2/c1-3-5-11-17(4-2)23(25)26-22-20-15-10-9-14-19(20)16-24-21(22)18-12-7-6-8-13-18/h6-10,12-17H,3-5,11H2,1-2H3. The Balaban J connectivity index is 2.03. The molecule has 0 radical (unpaired) electrons. The Labute approximate surface area is 155 Å². The average Bonchev–Trinajstić information content (AvgIpc) is 2.69. The number of rotatable bonds is 7. The van der Waals surface area contributed by atoms with Gasteiger partial charge in [0.15, 0.2) is 5.75 Å². The molecular formula is C23H25NO2. The van der Waals surface area contributed by atoms with Crippen LogP contribution in [-0.4, -0.2) is 11.0 Å². The number of hydrogen-bond acceptors (Lipinski definition) is 3. The number of benzene rings is 2. The van der Waals surface area contributed by atoms with Gasteiger partial charge in [0.05, 0.1) is 5.92 Å². The van der Waals surface area contributed by atoms with Crippen LogP contribution in [0, 0.1) is 5.92 Å². The van der Waals surface area contributed by atoms with Crippen molar-refractivity contribution < 1.29 is 9.53 Å². The molecule has 3 nitrogen and oxygen atoms in total. The summed E-state index contributed by atoms with van der Waals surface area (Å²) >= 11 is 0. The molecule has 134 valence electrons. The summed E-state index contributed by atoms with van der Waals surface area (Å²) in [4.78, 5) is 17.4. The highest BCUT2D eigenvalue weighted by molar-refractivity contribution is 5.95. The maximum absolute atomic E-state index is 12.8. The van der Waals surface area contributed by atoms with Gasteiger partial charge < -0.3 is 4.74 Å². The topological polar surface area (TPSA) is 39.2 Å². The number of fused-ring (bicyclic) bond motifs is 1. The monoisotopic (exact) mass is 347 g/mol. The number of carbonyl (C=O) groups is 1. The minimum absolute atomic E-state index is 0.0717. The van der Waals surface area contributed by atoms with E-state index in [1.807, 2.05) is 67.7 Å². The van der Waals surface area contributed by atoms with Crippen molar-refractivity contribution in [2.45, 2.75) is 39.5 Å². The molecule has 0 aliphatic rings. The zero-order valence-electron chi connectivity index (χ0n) is 15.4. The summed E-state index contributed by atoms with van der Waals surface area (Å²) in [5, 5.41) is 1.89. The van der Waals surface area contributed by atoms with Crippen molar-refractivity contribution in [1.29, 1.82) is 0 Å².